The number of nitrogen functional groups attached to an aromatic ring is 1. The fourth-order valence-corrected chi connectivity index (χ4v) is 2.03. The van der Waals surface area contributed by atoms with Crippen LogP contribution in [0, 0.1) is 0 Å². The molecule has 0 spiro atoms. The quantitative estimate of drug-likeness (QED) is 0.794. The van der Waals surface area contributed by atoms with Crippen molar-refractivity contribution in [3.05, 3.63) is 12.3 Å². The third-order valence-corrected chi connectivity index (χ3v) is 3.18. The monoisotopic (exact) mass is 250 g/mol. The topological polar surface area (TPSA) is 61.5 Å². The average molecular weight is 250 g/mol. The Balaban J connectivity index is 1.83. The zero-order valence-corrected chi connectivity index (χ0v) is 11.2. The van der Waals surface area contributed by atoms with Gasteiger partial charge in [0.15, 0.2) is 0 Å². The number of likely N-dealkylation sites (N-methyl/N-ethyl adjacent to an activating group) is 1. The first-order chi connectivity index (χ1) is 8.65. The van der Waals surface area contributed by atoms with Crippen molar-refractivity contribution in [2.75, 3.05) is 64.0 Å². The molecule has 6 nitrogen and oxygen atoms in total. The Morgan fingerprint density at radius 2 is 2.00 bits per heavy atom. The summed E-state index contributed by atoms with van der Waals surface area (Å²) in [5.74, 6) is 1.29. The lowest BCUT2D eigenvalue weighted by Gasteiger charge is -2.35. The van der Waals surface area contributed by atoms with E-state index >= 15 is 0 Å². The third-order valence-electron chi connectivity index (χ3n) is 3.18. The standard InChI is InChI=1S/C12H22N6/c1-16(2)5-6-17-7-9-18(10-8-17)12-14-4-3-11(13)15-12/h3-4H,5-10H2,1-2H3,(H2,13,14,15). The second-order valence-corrected chi connectivity index (χ2v) is 4.91. The van der Waals surface area contributed by atoms with E-state index in [1.54, 1.807) is 12.3 Å². The Hall–Kier alpha value is -1.40. The molecule has 0 aliphatic carbocycles. The second kappa shape index (κ2) is 5.97. The van der Waals surface area contributed by atoms with Gasteiger partial charge in [-0.15, -0.1) is 0 Å². The molecule has 0 amide bonds. The Morgan fingerprint density at radius 3 is 2.61 bits per heavy atom. The van der Waals surface area contributed by atoms with Gasteiger partial charge < -0.3 is 15.5 Å². The molecule has 0 saturated carbocycles. The van der Waals surface area contributed by atoms with E-state index in [0.29, 0.717) is 5.82 Å². The first kappa shape index (κ1) is 13.0. The van der Waals surface area contributed by atoms with Gasteiger partial charge in [0.25, 0.3) is 0 Å². The van der Waals surface area contributed by atoms with Crippen molar-refractivity contribution in [1.82, 2.24) is 19.8 Å². The fraction of sp³-hybridized carbons (Fsp3) is 0.667. The highest BCUT2D eigenvalue weighted by Crippen LogP contribution is 2.11. The number of hydrogen-bond acceptors (Lipinski definition) is 6. The Bertz CT molecular complexity index is 373. The maximum absolute atomic E-state index is 5.68. The van der Waals surface area contributed by atoms with Gasteiger partial charge in [0, 0.05) is 45.5 Å². The molecule has 0 aromatic carbocycles. The molecule has 18 heavy (non-hydrogen) atoms. The first-order valence-corrected chi connectivity index (χ1v) is 6.36. The molecule has 1 aromatic rings. The predicted octanol–water partition coefficient (Wildman–Crippen LogP) is -0.258. The SMILES string of the molecule is CN(C)CCN1CCN(c2nccc(N)n2)CC1. The van der Waals surface area contributed by atoms with Crippen molar-refractivity contribution >= 4 is 11.8 Å². The number of nitrogens with zero attached hydrogens (tertiary/aromatic N) is 5. The highest BCUT2D eigenvalue weighted by atomic mass is 15.3. The molecule has 1 aliphatic rings. The molecule has 1 fully saturated rings. The van der Waals surface area contributed by atoms with E-state index in [-0.39, 0.29) is 0 Å². The minimum Gasteiger partial charge on any atom is -0.384 e. The van der Waals surface area contributed by atoms with Gasteiger partial charge in [-0.25, -0.2) is 4.98 Å². The van der Waals surface area contributed by atoms with Gasteiger partial charge in [-0.2, -0.15) is 4.98 Å². The molecule has 1 saturated heterocycles. The van der Waals surface area contributed by atoms with E-state index in [0.717, 1.165) is 45.2 Å². The van der Waals surface area contributed by atoms with E-state index in [9.17, 15) is 0 Å². The number of nitrogens with two attached hydrogens (primary N) is 1. The summed E-state index contributed by atoms with van der Waals surface area (Å²) < 4.78 is 0. The summed E-state index contributed by atoms with van der Waals surface area (Å²) in [5.41, 5.74) is 5.68. The first-order valence-electron chi connectivity index (χ1n) is 6.36. The summed E-state index contributed by atoms with van der Waals surface area (Å²) in [6.07, 6.45) is 1.72. The molecule has 1 aliphatic heterocycles. The molecular formula is C12H22N6. The number of rotatable bonds is 4. The second-order valence-electron chi connectivity index (χ2n) is 4.91. The summed E-state index contributed by atoms with van der Waals surface area (Å²) in [7, 11) is 4.22. The molecule has 2 N–H and O–H groups in total. The number of anilines is 2. The van der Waals surface area contributed by atoms with E-state index in [4.69, 9.17) is 5.73 Å². The van der Waals surface area contributed by atoms with E-state index in [1.807, 2.05) is 0 Å². The lowest BCUT2D eigenvalue weighted by atomic mass is 10.3. The largest absolute Gasteiger partial charge is 0.384 e. The van der Waals surface area contributed by atoms with Crippen molar-refractivity contribution < 1.29 is 0 Å². The van der Waals surface area contributed by atoms with Crippen LogP contribution in [0.4, 0.5) is 11.8 Å². The van der Waals surface area contributed by atoms with Crippen LogP contribution < -0.4 is 10.6 Å². The smallest absolute Gasteiger partial charge is 0.227 e. The average Bonchev–Trinajstić information content (AvgIpc) is 2.37. The van der Waals surface area contributed by atoms with Crippen LogP contribution in [-0.4, -0.2) is 73.1 Å². The van der Waals surface area contributed by atoms with Crippen LogP contribution in [0.2, 0.25) is 0 Å². The van der Waals surface area contributed by atoms with Crippen LogP contribution in [0.5, 0.6) is 0 Å². The molecule has 0 radical (unpaired) electrons. The molecular weight excluding hydrogens is 228 g/mol. The van der Waals surface area contributed by atoms with E-state index in [1.165, 1.54) is 0 Å². The van der Waals surface area contributed by atoms with Crippen molar-refractivity contribution in [1.29, 1.82) is 0 Å². The summed E-state index contributed by atoms with van der Waals surface area (Å²) in [6.45, 7) is 6.29. The van der Waals surface area contributed by atoms with Gasteiger partial charge >= 0.3 is 0 Å². The molecule has 6 heteroatoms. The van der Waals surface area contributed by atoms with E-state index in [2.05, 4.69) is 38.8 Å². The van der Waals surface area contributed by atoms with Crippen LogP contribution in [-0.2, 0) is 0 Å². The lowest BCUT2D eigenvalue weighted by Crippen LogP contribution is -2.48. The van der Waals surface area contributed by atoms with Crippen molar-refractivity contribution in [3.8, 4) is 0 Å². The van der Waals surface area contributed by atoms with Crippen LogP contribution >= 0.6 is 0 Å². The number of hydrogen-bond donors (Lipinski definition) is 1. The van der Waals surface area contributed by atoms with Crippen molar-refractivity contribution in [3.63, 3.8) is 0 Å². The molecule has 0 atom stereocenters. The third kappa shape index (κ3) is 3.54. The molecule has 1 aromatic heterocycles. The summed E-state index contributed by atoms with van der Waals surface area (Å²) >= 11 is 0. The minimum atomic E-state index is 0.537. The zero-order valence-electron chi connectivity index (χ0n) is 11.2. The van der Waals surface area contributed by atoms with E-state index < -0.39 is 0 Å². The van der Waals surface area contributed by atoms with Crippen LogP contribution in [0.1, 0.15) is 0 Å². The molecule has 0 unspecified atom stereocenters. The van der Waals surface area contributed by atoms with Crippen LogP contribution in [0.3, 0.4) is 0 Å². The Morgan fingerprint density at radius 1 is 1.28 bits per heavy atom. The fourth-order valence-electron chi connectivity index (χ4n) is 2.03. The molecule has 0 bridgehead atoms. The Kier molecular flexibility index (Phi) is 4.33. The van der Waals surface area contributed by atoms with Crippen LogP contribution in [0.15, 0.2) is 12.3 Å². The molecule has 2 rings (SSSR count). The number of aromatic nitrogens is 2. The maximum atomic E-state index is 5.68. The van der Waals surface area contributed by atoms with Gasteiger partial charge in [0.1, 0.15) is 5.82 Å². The number of piperazine rings is 1. The van der Waals surface area contributed by atoms with Gasteiger partial charge in [-0.05, 0) is 20.2 Å². The lowest BCUT2D eigenvalue weighted by molar-refractivity contribution is 0.229. The van der Waals surface area contributed by atoms with Gasteiger partial charge in [0.2, 0.25) is 5.95 Å². The van der Waals surface area contributed by atoms with Gasteiger partial charge in [-0.3, -0.25) is 4.90 Å². The Labute approximate surface area is 108 Å². The van der Waals surface area contributed by atoms with Crippen molar-refractivity contribution in [2.24, 2.45) is 0 Å². The summed E-state index contributed by atoms with van der Waals surface area (Å²) in [6, 6.07) is 1.72. The zero-order chi connectivity index (χ0) is 13.0. The molecule has 100 valence electrons. The summed E-state index contributed by atoms with van der Waals surface area (Å²) in [4.78, 5) is 15.4. The minimum absolute atomic E-state index is 0.537. The highest BCUT2D eigenvalue weighted by Gasteiger charge is 2.18. The van der Waals surface area contributed by atoms with Gasteiger partial charge in [0.05, 0.1) is 0 Å². The predicted molar refractivity (Wildman–Crippen MR) is 73.7 cm³/mol. The van der Waals surface area contributed by atoms with Crippen molar-refractivity contribution in [2.45, 2.75) is 0 Å². The van der Waals surface area contributed by atoms with Gasteiger partial charge in [-0.1, -0.05) is 0 Å². The summed E-state index contributed by atoms with van der Waals surface area (Å²) in [5, 5.41) is 0. The van der Waals surface area contributed by atoms with Crippen LogP contribution in [0.25, 0.3) is 0 Å². The highest BCUT2D eigenvalue weighted by molar-refractivity contribution is 5.38. The normalized spacial score (nSPS) is 17.4. The maximum Gasteiger partial charge on any atom is 0.227 e. The molecule has 2 heterocycles.